The summed E-state index contributed by atoms with van der Waals surface area (Å²) in [5.74, 6) is 2.64. The van der Waals surface area contributed by atoms with Crippen molar-refractivity contribution in [1.29, 1.82) is 0 Å². The van der Waals surface area contributed by atoms with Gasteiger partial charge in [0.1, 0.15) is 17.2 Å². The topological polar surface area (TPSA) is 34.2 Å². The van der Waals surface area contributed by atoms with Gasteiger partial charge in [0.25, 0.3) is 0 Å². The predicted octanol–water partition coefficient (Wildman–Crippen LogP) is 3.03. The largest absolute Gasteiger partial charge is 0.497 e. The van der Waals surface area contributed by atoms with E-state index in [2.05, 4.69) is 34.1 Å². The Bertz CT molecular complexity index is 712. The highest BCUT2D eigenvalue weighted by Gasteiger charge is 2.18. The molecule has 26 heavy (non-hydrogen) atoms. The normalized spacial score (nSPS) is 15.7. The van der Waals surface area contributed by atoms with E-state index < -0.39 is 0 Å². The molecule has 2 aromatic carbocycles. The van der Waals surface area contributed by atoms with Crippen LogP contribution in [0.5, 0.6) is 17.2 Å². The second-order valence-corrected chi connectivity index (χ2v) is 6.58. The molecule has 5 heteroatoms. The van der Waals surface area contributed by atoms with Crippen molar-refractivity contribution < 1.29 is 14.2 Å². The fourth-order valence-electron chi connectivity index (χ4n) is 3.36. The molecule has 2 aromatic rings. The van der Waals surface area contributed by atoms with Crippen LogP contribution in [0.25, 0.3) is 0 Å². The number of methoxy groups -OCH3 is 3. The highest BCUT2D eigenvalue weighted by Crippen LogP contribution is 2.26. The highest BCUT2D eigenvalue weighted by molar-refractivity contribution is 5.40. The smallest absolute Gasteiger partial charge is 0.127 e. The molecule has 0 radical (unpaired) electrons. The van der Waals surface area contributed by atoms with E-state index >= 15 is 0 Å². The SMILES string of the molecule is COc1cccc(CN2CCN(Cc3ccc(OC)cc3OC)CC2)c1. The molecular weight excluding hydrogens is 328 g/mol. The Kier molecular flexibility index (Phi) is 6.36. The molecule has 0 aromatic heterocycles. The first-order valence-electron chi connectivity index (χ1n) is 9.00. The molecule has 0 bridgehead atoms. The maximum atomic E-state index is 5.52. The first-order chi connectivity index (χ1) is 12.7. The van der Waals surface area contributed by atoms with Crippen LogP contribution in [0.2, 0.25) is 0 Å². The minimum atomic E-state index is 0.828. The molecule has 140 valence electrons. The summed E-state index contributed by atoms with van der Waals surface area (Å²) in [6, 6.07) is 14.4. The molecule has 0 N–H and O–H groups in total. The van der Waals surface area contributed by atoms with Crippen molar-refractivity contribution in [2.24, 2.45) is 0 Å². The van der Waals surface area contributed by atoms with E-state index in [0.29, 0.717) is 0 Å². The molecule has 1 aliphatic heterocycles. The number of rotatable bonds is 7. The van der Waals surface area contributed by atoms with Gasteiger partial charge in [-0.2, -0.15) is 0 Å². The average Bonchev–Trinajstić information content (AvgIpc) is 2.70. The van der Waals surface area contributed by atoms with Gasteiger partial charge in [0, 0.05) is 50.9 Å². The molecule has 1 saturated heterocycles. The van der Waals surface area contributed by atoms with E-state index in [1.807, 2.05) is 18.2 Å². The van der Waals surface area contributed by atoms with Gasteiger partial charge in [-0.3, -0.25) is 9.80 Å². The summed E-state index contributed by atoms with van der Waals surface area (Å²) in [5, 5.41) is 0. The summed E-state index contributed by atoms with van der Waals surface area (Å²) in [4.78, 5) is 4.98. The van der Waals surface area contributed by atoms with Gasteiger partial charge in [-0.25, -0.2) is 0 Å². The zero-order chi connectivity index (χ0) is 18.4. The molecule has 5 nitrogen and oxygen atoms in total. The first-order valence-corrected chi connectivity index (χ1v) is 9.00. The van der Waals surface area contributed by atoms with Crippen molar-refractivity contribution in [3.8, 4) is 17.2 Å². The minimum absolute atomic E-state index is 0.828. The van der Waals surface area contributed by atoms with E-state index in [4.69, 9.17) is 14.2 Å². The standard InChI is InChI=1S/C21H28N2O3/c1-24-19-6-4-5-17(13-19)15-22-9-11-23(12-10-22)16-18-7-8-20(25-2)14-21(18)26-3/h4-8,13-14H,9-12,15-16H2,1-3H3. The maximum Gasteiger partial charge on any atom is 0.127 e. The van der Waals surface area contributed by atoms with E-state index in [1.165, 1.54) is 11.1 Å². The van der Waals surface area contributed by atoms with E-state index in [-0.39, 0.29) is 0 Å². The third-order valence-corrected chi connectivity index (χ3v) is 4.89. The van der Waals surface area contributed by atoms with Crippen LogP contribution in [0.1, 0.15) is 11.1 Å². The lowest BCUT2D eigenvalue weighted by Gasteiger charge is -2.35. The van der Waals surface area contributed by atoms with Gasteiger partial charge >= 0.3 is 0 Å². The van der Waals surface area contributed by atoms with Crippen LogP contribution < -0.4 is 14.2 Å². The summed E-state index contributed by atoms with van der Waals surface area (Å²) in [5.41, 5.74) is 2.50. The number of hydrogen-bond acceptors (Lipinski definition) is 5. The van der Waals surface area contributed by atoms with Crippen molar-refractivity contribution in [2.45, 2.75) is 13.1 Å². The van der Waals surface area contributed by atoms with Crippen molar-refractivity contribution in [3.05, 3.63) is 53.6 Å². The van der Waals surface area contributed by atoms with Crippen molar-refractivity contribution in [3.63, 3.8) is 0 Å². The van der Waals surface area contributed by atoms with Crippen molar-refractivity contribution >= 4 is 0 Å². The summed E-state index contributed by atoms with van der Waals surface area (Å²) in [7, 11) is 5.10. The Morgan fingerprint density at radius 1 is 0.731 bits per heavy atom. The molecule has 1 aliphatic rings. The van der Waals surface area contributed by atoms with Crippen LogP contribution in [0.3, 0.4) is 0 Å². The summed E-state index contributed by atoms with van der Waals surface area (Å²) >= 11 is 0. The molecule has 0 unspecified atom stereocenters. The van der Waals surface area contributed by atoms with Gasteiger partial charge in [-0.1, -0.05) is 18.2 Å². The van der Waals surface area contributed by atoms with Crippen LogP contribution in [-0.2, 0) is 13.1 Å². The van der Waals surface area contributed by atoms with E-state index in [1.54, 1.807) is 21.3 Å². The highest BCUT2D eigenvalue weighted by atomic mass is 16.5. The Morgan fingerprint density at radius 2 is 1.38 bits per heavy atom. The lowest BCUT2D eigenvalue weighted by Crippen LogP contribution is -2.45. The quantitative estimate of drug-likeness (QED) is 0.762. The molecule has 3 rings (SSSR count). The summed E-state index contributed by atoms with van der Waals surface area (Å²) in [6.07, 6.45) is 0. The number of nitrogens with zero attached hydrogens (tertiary/aromatic N) is 2. The van der Waals surface area contributed by atoms with Crippen molar-refractivity contribution in [2.75, 3.05) is 47.5 Å². The zero-order valence-electron chi connectivity index (χ0n) is 15.9. The Morgan fingerprint density at radius 3 is 2.04 bits per heavy atom. The predicted molar refractivity (Wildman–Crippen MR) is 103 cm³/mol. The lowest BCUT2D eigenvalue weighted by molar-refractivity contribution is 0.121. The lowest BCUT2D eigenvalue weighted by atomic mass is 10.1. The van der Waals surface area contributed by atoms with Crippen LogP contribution in [0.4, 0.5) is 0 Å². The Labute approximate surface area is 156 Å². The van der Waals surface area contributed by atoms with Crippen LogP contribution in [-0.4, -0.2) is 57.3 Å². The molecule has 0 atom stereocenters. The fraction of sp³-hybridized carbons (Fsp3) is 0.429. The second-order valence-electron chi connectivity index (χ2n) is 6.58. The van der Waals surface area contributed by atoms with Crippen molar-refractivity contribution in [1.82, 2.24) is 9.80 Å². The Hall–Kier alpha value is -2.24. The van der Waals surface area contributed by atoms with E-state index in [9.17, 15) is 0 Å². The van der Waals surface area contributed by atoms with Crippen LogP contribution in [0.15, 0.2) is 42.5 Å². The average molecular weight is 356 g/mol. The van der Waals surface area contributed by atoms with Gasteiger partial charge in [0.15, 0.2) is 0 Å². The zero-order valence-corrected chi connectivity index (χ0v) is 15.9. The van der Waals surface area contributed by atoms with Gasteiger partial charge < -0.3 is 14.2 Å². The molecule has 1 fully saturated rings. The Balaban J connectivity index is 1.54. The van der Waals surface area contributed by atoms with Gasteiger partial charge in [0.2, 0.25) is 0 Å². The molecular formula is C21H28N2O3. The molecule has 0 aliphatic carbocycles. The number of ether oxygens (including phenoxy) is 3. The molecule has 0 saturated carbocycles. The number of hydrogen-bond donors (Lipinski definition) is 0. The van der Waals surface area contributed by atoms with Gasteiger partial charge in [-0.05, 0) is 23.8 Å². The molecule has 0 spiro atoms. The third kappa shape index (κ3) is 4.68. The van der Waals surface area contributed by atoms with Gasteiger partial charge in [0.05, 0.1) is 21.3 Å². The minimum Gasteiger partial charge on any atom is -0.497 e. The number of piperazine rings is 1. The van der Waals surface area contributed by atoms with E-state index in [0.717, 1.165) is 56.5 Å². The first kappa shape index (κ1) is 18.5. The fourth-order valence-corrected chi connectivity index (χ4v) is 3.36. The number of benzene rings is 2. The monoisotopic (exact) mass is 356 g/mol. The van der Waals surface area contributed by atoms with Gasteiger partial charge in [-0.15, -0.1) is 0 Å². The third-order valence-electron chi connectivity index (χ3n) is 4.89. The summed E-state index contributed by atoms with van der Waals surface area (Å²) < 4.78 is 16.1. The summed E-state index contributed by atoms with van der Waals surface area (Å²) in [6.45, 7) is 6.11. The maximum absolute atomic E-state index is 5.52. The second kappa shape index (κ2) is 8.92. The molecule has 1 heterocycles. The molecule has 0 amide bonds. The van der Waals surface area contributed by atoms with Crippen LogP contribution >= 0.6 is 0 Å². The van der Waals surface area contributed by atoms with Crippen LogP contribution in [0, 0.1) is 0 Å².